The monoisotopic (exact) mass is 314 g/mol. The molecule has 21 heavy (non-hydrogen) atoms. The fourth-order valence-corrected chi connectivity index (χ4v) is 1.66. The second kappa shape index (κ2) is 7.26. The van der Waals surface area contributed by atoms with Crippen molar-refractivity contribution in [3.8, 4) is 5.88 Å². The molecule has 0 fully saturated rings. The van der Waals surface area contributed by atoms with Crippen molar-refractivity contribution in [3.05, 3.63) is 22.8 Å². The molecule has 0 bridgehead atoms. The molecule has 1 rings (SSSR count). The molecule has 0 spiro atoms. The number of carbonyl (C=O) groups excluding carboxylic acids is 1. The van der Waals surface area contributed by atoms with Gasteiger partial charge in [-0.05, 0) is 18.9 Å². The Kier molecular flexibility index (Phi) is 5.96. The summed E-state index contributed by atoms with van der Waals surface area (Å²) in [5, 5.41) is 9.13. The van der Waals surface area contributed by atoms with Crippen molar-refractivity contribution < 1.29 is 19.4 Å². The van der Waals surface area contributed by atoms with Gasteiger partial charge in [0, 0.05) is 13.2 Å². The Bertz CT molecular complexity index is 534. The number of likely N-dealkylation sites (N-methyl/N-ethyl adjacent to an activating group) is 1. The fraction of sp³-hybridized carbons (Fsp3) is 0.500. The molecule has 0 radical (unpaired) electrons. The van der Waals surface area contributed by atoms with Crippen LogP contribution in [0.3, 0.4) is 0 Å². The number of pyridine rings is 1. The van der Waals surface area contributed by atoms with E-state index < -0.39 is 17.9 Å². The van der Waals surface area contributed by atoms with E-state index in [1.165, 1.54) is 26.2 Å². The topological polar surface area (TPSA) is 79.7 Å². The third-order valence-electron chi connectivity index (χ3n) is 2.87. The third kappa shape index (κ3) is 4.60. The van der Waals surface area contributed by atoms with Crippen molar-refractivity contribution in [2.45, 2.75) is 26.8 Å². The number of carbonyl (C=O) groups is 2. The summed E-state index contributed by atoms with van der Waals surface area (Å²) >= 11 is 6.03. The van der Waals surface area contributed by atoms with Crippen LogP contribution in [0, 0.1) is 5.92 Å². The van der Waals surface area contributed by atoms with Gasteiger partial charge in [0.1, 0.15) is 11.1 Å². The number of halogens is 1. The predicted octanol–water partition coefficient (Wildman–Crippen LogP) is 2.31. The molecule has 1 amide bonds. The van der Waals surface area contributed by atoms with Crippen LogP contribution in [-0.2, 0) is 4.79 Å². The highest BCUT2D eigenvalue weighted by atomic mass is 35.5. The van der Waals surface area contributed by atoms with Gasteiger partial charge in [0.15, 0.2) is 0 Å². The van der Waals surface area contributed by atoms with Gasteiger partial charge in [0.2, 0.25) is 5.88 Å². The Labute approximate surface area is 128 Å². The van der Waals surface area contributed by atoms with E-state index in [0.29, 0.717) is 12.5 Å². The van der Waals surface area contributed by atoms with Gasteiger partial charge >= 0.3 is 5.97 Å². The first-order chi connectivity index (χ1) is 9.73. The number of ether oxygens (including phenoxy) is 1. The van der Waals surface area contributed by atoms with Gasteiger partial charge in [-0.2, -0.15) is 0 Å². The summed E-state index contributed by atoms with van der Waals surface area (Å²) in [6.07, 6.45) is 1.33. The number of amides is 1. The van der Waals surface area contributed by atoms with Crippen molar-refractivity contribution >= 4 is 23.5 Å². The summed E-state index contributed by atoms with van der Waals surface area (Å²) in [7, 11) is 1.41. The molecule has 116 valence electrons. The molecule has 1 N–H and O–H groups in total. The van der Waals surface area contributed by atoms with Crippen molar-refractivity contribution in [1.82, 2.24) is 9.88 Å². The van der Waals surface area contributed by atoms with E-state index in [1.807, 2.05) is 13.8 Å². The molecule has 1 aromatic rings. The van der Waals surface area contributed by atoms with E-state index in [1.54, 1.807) is 0 Å². The molecule has 1 aromatic heterocycles. The molecule has 0 saturated heterocycles. The second-order valence-electron chi connectivity index (χ2n) is 5.15. The quantitative estimate of drug-likeness (QED) is 0.871. The Morgan fingerprint density at radius 3 is 2.52 bits per heavy atom. The second-order valence-corrected chi connectivity index (χ2v) is 5.55. The van der Waals surface area contributed by atoms with Crippen molar-refractivity contribution in [1.29, 1.82) is 0 Å². The smallest absolute Gasteiger partial charge is 0.326 e. The lowest BCUT2D eigenvalue weighted by atomic mass is 10.2. The number of carboxylic acids is 1. The van der Waals surface area contributed by atoms with Crippen LogP contribution in [0.1, 0.15) is 31.1 Å². The van der Waals surface area contributed by atoms with Crippen LogP contribution >= 0.6 is 11.6 Å². The van der Waals surface area contributed by atoms with Crippen LogP contribution < -0.4 is 4.74 Å². The molecule has 7 heteroatoms. The zero-order chi connectivity index (χ0) is 16.2. The number of aliphatic carboxylic acids is 1. The van der Waals surface area contributed by atoms with Gasteiger partial charge in [-0.1, -0.05) is 25.4 Å². The molecular weight excluding hydrogens is 296 g/mol. The van der Waals surface area contributed by atoms with E-state index in [2.05, 4.69) is 4.98 Å². The lowest BCUT2D eigenvalue weighted by Crippen LogP contribution is -2.40. The van der Waals surface area contributed by atoms with Crippen LogP contribution in [0.25, 0.3) is 0 Å². The Balaban J connectivity index is 2.88. The standard InChI is InChI=1S/C14H19ClN2O4/c1-8(2)7-21-12-11(15)5-10(6-16-12)13(18)17(4)9(3)14(19)20/h5-6,8-9H,7H2,1-4H3,(H,19,20). The molecular formula is C14H19ClN2O4. The first-order valence-electron chi connectivity index (χ1n) is 6.52. The van der Waals surface area contributed by atoms with Crippen LogP contribution in [0.15, 0.2) is 12.3 Å². The van der Waals surface area contributed by atoms with Gasteiger partial charge in [0.05, 0.1) is 12.2 Å². The minimum atomic E-state index is -1.08. The molecule has 0 aliphatic carbocycles. The zero-order valence-corrected chi connectivity index (χ0v) is 13.2. The van der Waals surface area contributed by atoms with Crippen molar-refractivity contribution in [3.63, 3.8) is 0 Å². The molecule has 1 unspecified atom stereocenters. The first kappa shape index (κ1) is 17.2. The van der Waals surface area contributed by atoms with Crippen LogP contribution in [0.2, 0.25) is 5.02 Å². The summed E-state index contributed by atoms with van der Waals surface area (Å²) in [4.78, 5) is 28.2. The summed E-state index contributed by atoms with van der Waals surface area (Å²) in [5.41, 5.74) is 0.215. The highest BCUT2D eigenvalue weighted by molar-refractivity contribution is 6.32. The lowest BCUT2D eigenvalue weighted by Gasteiger charge is -2.21. The van der Waals surface area contributed by atoms with Crippen molar-refractivity contribution in [2.24, 2.45) is 5.92 Å². The Morgan fingerprint density at radius 1 is 1.43 bits per heavy atom. The van der Waals surface area contributed by atoms with Gasteiger partial charge in [-0.15, -0.1) is 0 Å². The van der Waals surface area contributed by atoms with Crippen LogP contribution in [0.4, 0.5) is 0 Å². The van der Waals surface area contributed by atoms with Gasteiger partial charge in [0.25, 0.3) is 5.91 Å². The molecule has 0 aromatic carbocycles. The lowest BCUT2D eigenvalue weighted by molar-refractivity contribution is -0.141. The van der Waals surface area contributed by atoms with Crippen LogP contribution in [0.5, 0.6) is 5.88 Å². The minimum absolute atomic E-state index is 0.215. The van der Waals surface area contributed by atoms with Gasteiger partial charge in [-0.25, -0.2) is 9.78 Å². The third-order valence-corrected chi connectivity index (χ3v) is 3.14. The molecule has 0 saturated carbocycles. The van der Waals surface area contributed by atoms with Crippen LogP contribution in [-0.4, -0.2) is 46.6 Å². The highest BCUT2D eigenvalue weighted by Crippen LogP contribution is 2.23. The Hall–Kier alpha value is -1.82. The maximum Gasteiger partial charge on any atom is 0.326 e. The number of hydrogen-bond donors (Lipinski definition) is 1. The maximum absolute atomic E-state index is 12.1. The maximum atomic E-state index is 12.1. The van der Waals surface area contributed by atoms with E-state index in [9.17, 15) is 9.59 Å². The number of carboxylic acid groups (broad SMARTS) is 1. The predicted molar refractivity (Wildman–Crippen MR) is 78.8 cm³/mol. The SMILES string of the molecule is CC(C)COc1ncc(C(=O)N(C)C(C)C(=O)O)cc1Cl. The largest absolute Gasteiger partial charge is 0.480 e. The summed E-state index contributed by atoms with van der Waals surface area (Å²) < 4.78 is 5.42. The highest BCUT2D eigenvalue weighted by Gasteiger charge is 2.23. The number of aromatic nitrogens is 1. The molecule has 6 nitrogen and oxygen atoms in total. The first-order valence-corrected chi connectivity index (χ1v) is 6.90. The fourth-order valence-electron chi connectivity index (χ4n) is 1.44. The van der Waals surface area contributed by atoms with E-state index in [-0.39, 0.29) is 16.5 Å². The molecule has 1 heterocycles. The number of hydrogen-bond acceptors (Lipinski definition) is 4. The van der Waals surface area contributed by atoms with E-state index in [4.69, 9.17) is 21.4 Å². The van der Waals surface area contributed by atoms with Gasteiger partial charge < -0.3 is 14.7 Å². The average Bonchev–Trinajstić information content (AvgIpc) is 2.43. The number of nitrogens with zero attached hydrogens (tertiary/aromatic N) is 2. The van der Waals surface area contributed by atoms with E-state index >= 15 is 0 Å². The summed E-state index contributed by atoms with van der Waals surface area (Å²) in [6, 6.07) is 0.491. The summed E-state index contributed by atoms with van der Waals surface area (Å²) in [6.45, 7) is 5.88. The molecule has 0 aliphatic rings. The summed E-state index contributed by atoms with van der Waals surface area (Å²) in [5.74, 6) is -0.959. The normalized spacial score (nSPS) is 12.1. The minimum Gasteiger partial charge on any atom is -0.480 e. The molecule has 0 aliphatic heterocycles. The van der Waals surface area contributed by atoms with Crippen molar-refractivity contribution in [2.75, 3.05) is 13.7 Å². The van der Waals surface area contributed by atoms with E-state index in [0.717, 1.165) is 4.90 Å². The van der Waals surface area contributed by atoms with Gasteiger partial charge in [-0.3, -0.25) is 4.79 Å². The average molecular weight is 315 g/mol. The Morgan fingerprint density at radius 2 is 2.05 bits per heavy atom. The molecule has 1 atom stereocenters. The zero-order valence-electron chi connectivity index (χ0n) is 12.5. The number of rotatable bonds is 6.